The lowest BCUT2D eigenvalue weighted by molar-refractivity contribution is 0.178. The molecule has 0 heterocycles. The van der Waals surface area contributed by atoms with Crippen LogP contribution in [0, 0.1) is 17.8 Å². The van der Waals surface area contributed by atoms with Gasteiger partial charge in [-0.15, -0.1) is 0 Å². The van der Waals surface area contributed by atoms with E-state index in [0.717, 1.165) is 29.0 Å². The standard InChI is InChI=1S/C16H33NS/c1-6-9-17-16(11-18-12(2)3)15-8-7-13(4)14(5)10-15/h12-17H,6-11H2,1-5H3. The minimum atomic E-state index is 0.743. The average Bonchev–Trinajstić information content (AvgIpc) is 2.33. The Morgan fingerprint density at radius 2 is 1.89 bits per heavy atom. The fraction of sp³-hybridized carbons (Fsp3) is 1.00. The second-order valence-electron chi connectivity index (χ2n) is 6.47. The zero-order chi connectivity index (χ0) is 13.5. The molecule has 108 valence electrons. The molecule has 4 unspecified atom stereocenters. The maximum atomic E-state index is 3.81. The van der Waals surface area contributed by atoms with E-state index in [1.165, 1.54) is 38.0 Å². The van der Waals surface area contributed by atoms with E-state index in [9.17, 15) is 0 Å². The van der Waals surface area contributed by atoms with E-state index in [-0.39, 0.29) is 0 Å². The Labute approximate surface area is 119 Å². The first-order valence-electron chi connectivity index (χ1n) is 7.89. The highest BCUT2D eigenvalue weighted by molar-refractivity contribution is 7.99. The first-order valence-corrected chi connectivity index (χ1v) is 8.94. The minimum Gasteiger partial charge on any atom is -0.313 e. The van der Waals surface area contributed by atoms with Crippen molar-refractivity contribution in [1.82, 2.24) is 5.32 Å². The highest BCUT2D eigenvalue weighted by Crippen LogP contribution is 2.36. The van der Waals surface area contributed by atoms with Gasteiger partial charge >= 0.3 is 0 Å². The van der Waals surface area contributed by atoms with Crippen LogP contribution in [0.5, 0.6) is 0 Å². The molecule has 18 heavy (non-hydrogen) atoms. The number of hydrogen-bond donors (Lipinski definition) is 1. The van der Waals surface area contributed by atoms with Gasteiger partial charge in [0, 0.05) is 11.8 Å². The molecule has 0 saturated heterocycles. The van der Waals surface area contributed by atoms with Gasteiger partial charge in [0.2, 0.25) is 0 Å². The molecule has 1 nitrogen and oxygen atoms in total. The summed E-state index contributed by atoms with van der Waals surface area (Å²) in [5, 5.41) is 4.57. The average molecular weight is 272 g/mol. The molecular formula is C16H33NS. The zero-order valence-electron chi connectivity index (χ0n) is 13.0. The van der Waals surface area contributed by atoms with Crippen LogP contribution in [-0.4, -0.2) is 23.6 Å². The van der Waals surface area contributed by atoms with Crippen LogP contribution in [0.15, 0.2) is 0 Å². The number of rotatable bonds is 7. The Bertz CT molecular complexity index is 217. The molecule has 0 aromatic rings. The molecular weight excluding hydrogens is 238 g/mol. The van der Waals surface area contributed by atoms with Crippen molar-refractivity contribution in [3.05, 3.63) is 0 Å². The van der Waals surface area contributed by atoms with Crippen LogP contribution in [0.1, 0.15) is 60.3 Å². The van der Waals surface area contributed by atoms with Crippen LogP contribution in [0.2, 0.25) is 0 Å². The van der Waals surface area contributed by atoms with Gasteiger partial charge in [0.1, 0.15) is 0 Å². The van der Waals surface area contributed by atoms with E-state index < -0.39 is 0 Å². The summed E-state index contributed by atoms with van der Waals surface area (Å²) in [6.45, 7) is 13.0. The highest BCUT2D eigenvalue weighted by atomic mass is 32.2. The quantitative estimate of drug-likeness (QED) is 0.728. The topological polar surface area (TPSA) is 12.0 Å². The summed E-state index contributed by atoms with van der Waals surface area (Å²) in [7, 11) is 0. The molecule has 1 aliphatic carbocycles. The van der Waals surface area contributed by atoms with Crippen LogP contribution in [0.4, 0.5) is 0 Å². The lowest BCUT2D eigenvalue weighted by Gasteiger charge is -2.37. The van der Waals surface area contributed by atoms with Crippen molar-refractivity contribution in [2.45, 2.75) is 71.6 Å². The van der Waals surface area contributed by atoms with E-state index >= 15 is 0 Å². The van der Waals surface area contributed by atoms with Gasteiger partial charge in [-0.3, -0.25) is 0 Å². The predicted molar refractivity (Wildman–Crippen MR) is 85.3 cm³/mol. The van der Waals surface area contributed by atoms with E-state index in [4.69, 9.17) is 0 Å². The Morgan fingerprint density at radius 3 is 2.44 bits per heavy atom. The summed E-state index contributed by atoms with van der Waals surface area (Å²) < 4.78 is 0. The molecule has 0 bridgehead atoms. The van der Waals surface area contributed by atoms with Gasteiger partial charge in [-0.25, -0.2) is 0 Å². The lowest BCUT2D eigenvalue weighted by atomic mass is 9.73. The summed E-state index contributed by atoms with van der Waals surface area (Å²) in [6.07, 6.45) is 5.55. The first-order chi connectivity index (χ1) is 8.54. The van der Waals surface area contributed by atoms with Crippen molar-refractivity contribution in [3.63, 3.8) is 0 Å². The van der Waals surface area contributed by atoms with Crippen molar-refractivity contribution in [1.29, 1.82) is 0 Å². The largest absolute Gasteiger partial charge is 0.313 e. The molecule has 1 fully saturated rings. The van der Waals surface area contributed by atoms with Gasteiger partial charge in [-0.2, -0.15) is 11.8 Å². The first kappa shape index (κ1) is 16.4. The van der Waals surface area contributed by atoms with Gasteiger partial charge in [0.15, 0.2) is 0 Å². The molecule has 0 radical (unpaired) electrons. The maximum absolute atomic E-state index is 3.81. The molecule has 1 aliphatic rings. The van der Waals surface area contributed by atoms with E-state index in [1.807, 2.05) is 0 Å². The van der Waals surface area contributed by atoms with E-state index in [2.05, 4.69) is 51.7 Å². The molecule has 1 saturated carbocycles. The summed E-state index contributed by atoms with van der Waals surface area (Å²) in [4.78, 5) is 0. The van der Waals surface area contributed by atoms with Crippen molar-refractivity contribution in [2.24, 2.45) is 17.8 Å². The Hall–Kier alpha value is 0.310. The fourth-order valence-electron chi connectivity index (χ4n) is 2.94. The lowest BCUT2D eigenvalue weighted by Crippen LogP contribution is -2.42. The van der Waals surface area contributed by atoms with Gasteiger partial charge in [0.25, 0.3) is 0 Å². The monoisotopic (exact) mass is 271 g/mol. The zero-order valence-corrected chi connectivity index (χ0v) is 13.9. The van der Waals surface area contributed by atoms with Gasteiger partial charge < -0.3 is 5.32 Å². The normalized spacial score (nSPS) is 30.7. The SMILES string of the molecule is CCCNC(CSC(C)C)C1CCC(C)C(C)C1. The van der Waals surface area contributed by atoms with Crippen LogP contribution in [0.25, 0.3) is 0 Å². The third kappa shape index (κ3) is 5.52. The number of hydrogen-bond acceptors (Lipinski definition) is 2. The second-order valence-corrected chi connectivity index (χ2v) is 8.08. The van der Waals surface area contributed by atoms with E-state index in [1.54, 1.807) is 0 Å². The molecule has 1 rings (SSSR count). The maximum Gasteiger partial charge on any atom is 0.0186 e. The molecule has 0 spiro atoms. The van der Waals surface area contributed by atoms with Gasteiger partial charge in [-0.05, 0) is 48.8 Å². The smallest absolute Gasteiger partial charge is 0.0186 e. The Morgan fingerprint density at radius 1 is 1.17 bits per heavy atom. The molecule has 0 aromatic carbocycles. The molecule has 0 aromatic heterocycles. The van der Waals surface area contributed by atoms with Gasteiger partial charge in [0.05, 0.1) is 0 Å². The predicted octanol–water partition coefficient (Wildman–Crippen LogP) is 4.57. The number of nitrogens with one attached hydrogen (secondary N) is 1. The van der Waals surface area contributed by atoms with Crippen molar-refractivity contribution < 1.29 is 0 Å². The molecule has 0 amide bonds. The van der Waals surface area contributed by atoms with Crippen LogP contribution in [-0.2, 0) is 0 Å². The summed E-state index contributed by atoms with van der Waals surface area (Å²) in [6, 6.07) is 0.743. The van der Waals surface area contributed by atoms with Crippen molar-refractivity contribution in [2.75, 3.05) is 12.3 Å². The molecule has 2 heteroatoms. The van der Waals surface area contributed by atoms with Crippen LogP contribution < -0.4 is 5.32 Å². The van der Waals surface area contributed by atoms with Crippen molar-refractivity contribution >= 4 is 11.8 Å². The van der Waals surface area contributed by atoms with Crippen molar-refractivity contribution in [3.8, 4) is 0 Å². The molecule has 0 aliphatic heterocycles. The second kappa shape index (κ2) is 8.47. The summed E-state index contributed by atoms with van der Waals surface area (Å²) >= 11 is 2.12. The third-order valence-electron chi connectivity index (χ3n) is 4.47. The Balaban J connectivity index is 2.47. The molecule has 4 atom stereocenters. The fourth-order valence-corrected chi connectivity index (χ4v) is 3.92. The Kier molecular flexibility index (Phi) is 7.70. The van der Waals surface area contributed by atoms with Gasteiger partial charge in [-0.1, -0.05) is 41.0 Å². The molecule has 1 N–H and O–H groups in total. The van der Waals surface area contributed by atoms with Crippen LogP contribution in [0.3, 0.4) is 0 Å². The number of thioether (sulfide) groups is 1. The van der Waals surface area contributed by atoms with Crippen LogP contribution >= 0.6 is 11.8 Å². The summed E-state index contributed by atoms with van der Waals surface area (Å²) in [5.74, 6) is 4.06. The highest BCUT2D eigenvalue weighted by Gasteiger charge is 2.29. The summed E-state index contributed by atoms with van der Waals surface area (Å²) in [5.41, 5.74) is 0. The third-order valence-corrected chi connectivity index (χ3v) is 5.69. The van der Waals surface area contributed by atoms with E-state index in [0.29, 0.717) is 0 Å². The minimum absolute atomic E-state index is 0.743.